The van der Waals surface area contributed by atoms with Crippen molar-refractivity contribution in [2.24, 2.45) is 11.1 Å². The minimum Gasteiger partial charge on any atom is -0.151 e. The fraction of sp³-hybridized carbons (Fsp3) is 1.00. The highest BCUT2D eigenvalue weighted by atomic mass is 16.3. The van der Waals surface area contributed by atoms with Gasteiger partial charge in [0, 0.05) is 0 Å². The van der Waals surface area contributed by atoms with Gasteiger partial charge >= 0.3 is 0 Å². The number of hydrogen-bond acceptors (Lipinski definition) is 2. The standard InChI is InChI=1S/C7H13NO/c1-2-6-3-4-7(5-6)8-9/h6-7H,2-5H2,1H3. The van der Waals surface area contributed by atoms with Gasteiger partial charge in [0.05, 0.1) is 6.04 Å². The number of rotatable bonds is 2. The topological polar surface area (TPSA) is 29.4 Å². The van der Waals surface area contributed by atoms with E-state index in [0.717, 1.165) is 18.8 Å². The van der Waals surface area contributed by atoms with Gasteiger partial charge in [0.25, 0.3) is 0 Å². The Balaban J connectivity index is 2.28. The summed E-state index contributed by atoms with van der Waals surface area (Å²) in [5, 5.41) is 3.04. The van der Waals surface area contributed by atoms with Gasteiger partial charge in [-0.25, -0.2) is 0 Å². The van der Waals surface area contributed by atoms with Crippen LogP contribution in [0.5, 0.6) is 0 Å². The van der Waals surface area contributed by atoms with Gasteiger partial charge in [-0.3, -0.25) is 0 Å². The molecule has 0 aliphatic heterocycles. The van der Waals surface area contributed by atoms with E-state index in [2.05, 4.69) is 12.1 Å². The van der Waals surface area contributed by atoms with Gasteiger partial charge in [-0.1, -0.05) is 18.5 Å². The van der Waals surface area contributed by atoms with Crippen LogP contribution in [0.3, 0.4) is 0 Å². The molecule has 2 heteroatoms. The minimum absolute atomic E-state index is 0.148. The van der Waals surface area contributed by atoms with Crippen LogP contribution in [0.25, 0.3) is 0 Å². The second-order valence-corrected chi connectivity index (χ2v) is 2.85. The average molecular weight is 127 g/mol. The van der Waals surface area contributed by atoms with Crippen molar-refractivity contribution < 1.29 is 0 Å². The average Bonchev–Trinajstić information content (AvgIpc) is 2.34. The third kappa shape index (κ3) is 1.50. The normalized spacial score (nSPS) is 34.8. The molecule has 0 aromatic rings. The van der Waals surface area contributed by atoms with Crippen LogP contribution in [0.15, 0.2) is 5.18 Å². The van der Waals surface area contributed by atoms with Crippen molar-refractivity contribution in [3.05, 3.63) is 4.91 Å². The molecule has 0 spiro atoms. The summed E-state index contributed by atoms with van der Waals surface area (Å²) in [4.78, 5) is 10.0. The van der Waals surface area contributed by atoms with Crippen molar-refractivity contribution in [2.75, 3.05) is 0 Å². The molecule has 0 heterocycles. The Bertz CT molecular complexity index is 103. The molecular weight excluding hydrogens is 114 g/mol. The van der Waals surface area contributed by atoms with Crippen molar-refractivity contribution in [3.8, 4) is 0 Å². The summed E-state index contributed by atoms with van der Waals surface area (Å²) in [6.45, 7) is 2.18. The van der Waals surface area contributed by atoms with Gasteiger partial charge in [0.2, 0.25) is 0 Å². The molecule has 0 N–H and O–H groups in total. The smallest absolute Gasteiger partial charge is 0.0922 e. The lowest BCUT2D eigenvalue weighted by molar-refractivity contribution is 0.520. The zero-order valence-electron chi connectivity index (χ0n) is 5.84. The van der Waals surface area contributed by atoms with Crippen LogP contribution in [0.2, 0.25) is 0 Å². The molecule has 2 nitrogen and oxygen atoms in total. The van der Waals surface area contributed by atoms with E-state index in [-0.39, 0.29) is 6.04 Å². The van der Waals surface area contributed by atoms with Gasteiger partial charge < -0.3 is 0 Å². The van der Waals surface area contributed by atoms with Gasteiger partial charge in [-0.05, 0) is 25.2 Å². The molecule has 9 heavy (non-hydrogen) atoms. The molecule has 0 aromatic carbocycles. The number of hydrogen-bond donors (Lipinski definition) is 0. The summed E-state index contributed by atoms with van der Waals surface area (Å²) < 4.78 is 0. The van der Waals surface area contributed by atoms with Crippen molar-refractivity contribution in [3.63, 3.8) is 0 Å². The lowest BCUT2D eigenvalue weighted by Crippen LogP contribution is -1.96. The maximum absolute atomic E-state index is 10.0. The second kappa shape index (κ2) is 2.95. The predicted molar refractivity (Wildman–Crippen MR) is 37.2 cm³/mol. The molecule has 0 aromatic heterocycles. The number of nitrogens with zero attached hydrogens (tertiary/aromatic N) is 1. The Morgan fingerprint density at radius 3 is 2.67 bits per heavy atom. The molecule has 0 bridgehead atoms. The highest BCUT2D eigenvalue weighted by molar-refractivity contribution is 4.78. The Morgan fingerprint density at radius 2 is 2.33 bits per heavy atom. The van der Waals surface area contributed by atoms with E-state index in [4.69, 9.17) is 0 Å². The van der Waals surface area contributed by atoms with Crippen LogP contribution >= 0.6 is 0 Å². The van der Waals surface area contributed by atoms with Crippen molar-refractivity contribution in [1.29, 1.82) is 0 Å². The van der Waals surface area contributed by atoms with E-state index < -0.39 is 0 Å². The first-order valence-corrected chi connectivity index (χ1v) is 3.69. The van der Waals surface area contributed by atoms with E-state index in [1.807, 2.05) is 0 Å². The molecule has 1 aliphatic rings. The first-order chi connectivity index (χ1) is 4.36. The van der Waals surface area contributed by atoms with E-state index >= 15 is 0 Å². The summed E-state index contributed by atoms with van der Waals surface area (Å²) in [6.07, 6.45) is 4.50. The molecule has 1 aliphatic carbocycles. The Morgan fingerprint density at radius 1 is 1.56 bits per heavy atom. The van der Waals surface area contributed by atoms with Crippen LogP contribution in [0.4, 0.5) is 0 Å². The molecule has 52 valence electrons. The predicted octanol–water partition coefficient (Wildman–Crippen LogP) is 2.33. The highest BCUT2D eigenvalue weighted by Gasteiger charge is 2.23. The lowest BCUT2D eigenvalue weighted by atomic mass is 10.1. The largest absolute Gasteiger partial charge is 0.151 e. The molecule has 0 saturated heterocycles. The lowest BCUT2D eigenvalue weighted by Gasteiger charge is -2.01. The molecule has 2 unspecified atom stereocenters. The zero-order valence-corrected chi connectivity index (χ0v) is 5.84. The molecule has 0 amide bonds. The Kier molecular flexibility index (Phi) is 2.20. The van der Waals surface area contributed by atoms with Crippen LogP contribution < -0.4 is 0 Å². The molecule has 0 radical (unpaired) electrons. The number of nitroso groups, excluding NO2 is 1. The van der Waals surface area contributed by atoms with Gasteiger partial charge in [-0.2, -0.15) is 4.91 Å². The van der Waals surface area contributed by atoms with Crippen LogP contribution in [0, 0.1) is 10.8 Å². The summed E-state index contributed by atoms with van der Waals surface area (Å²) in [5.74, 6) is 0.785. The molecular formula is C7H13NO. The second-order valence-electron chi connectivity index (χ2n) is 2.85. The third-order valence-electron chi connectivity index (χ3n) is 2.24. The Hall–Kier alpha value is -0.400. The quantitative estimate of drug-likeness (QED) is 0.523. The molecule has 2 atom stereocenters. The summed E-state index contributed by atoms with van der Waals surface area (Å²) >= 11 is 0. The first-order valence-electron chi connectivity index (χ1n) is 3.69. The summed E-state index contributed by atoms with van der Waals surface area (Å²) in [7, 11) is 0. The van der Waals surface area contributed by atoms with Crippen LogP contribution in [0.1, 0.15) is 32.6 Å². The van der Waals surface area contributed by atoms with E-state index in [1.54, 1.807) is 0 Å². The van der Waals surface area contributed by atoms with Gasteiger partial charge in [0.15, 0.2) is 0 Å². The van der Waals surface area contributed by atoms with Gasteiger partial charge in [-0.15, -0.1) is 0 Å². The fourth-order valence-corrected chi connectivity index (χ4v) is 1.52. The Labute approximate surface area is 55.6 Å². The fourth-order valence-electron chi connectivity index (χ4n) is 1.52. The molecule has 1 saturated carbocycles. The van der Waals surface area contributed by atoms with Gasteiger partial charge in [0.1, 0.15) is 0 Å². The van der Waals surface area contributed by atoms with Crippen molar-refractivity contribution in [1.82, 2.24) is 0 Å². The minimum atomic E-state index is 0.148. The first kappa shape index (κ1) is 6.72. The zero-order chi connectivity index (χ0) is 6.69. The summed E-state index contributed by atoms with van der Waals surface area (Å²) in [5.41, 5.74) is 0. The summed E-state index contributed by atoms with van der Waals surface area (Å²) in [6, 6.07) is 0.148. The van der Waals surface area contributed by atoms with E-state index in [9.17, 15) is 4.91 Å². The highest BCUT2D eigenvalue weighted by Crippen LogP contribution is 2.29. The molecule has 1 rings (SSSR count). The maximum atomic E-state index is 10.0. The van der Waals surface area contributed by atoms with E-state index in [1.165, 1.54) is 12.8 Å². The third-order valence-corrected chi connectivity index (χ3v) is 2.24. The maximum Gasteiger partial charge on any atom is 0.0922 e. The SMILES string of the molecule is CCC1CCC(N=O)C1. The van der Waals surface area contributed by atoms with E-state index in [0.29, 0.717) is 0 Å². The van der Waals surface area contributed by atoms with Crippen molar-refractivity contribution >= 4 is 0 Å². The monoisotopic (exact) mass is 127 g/mol. The van der Waals surface area contributed by atoms with Crippen molar-refractivity contribution in [2.45, 2.75) is 38.6 Å². The molecule has 1 fully saturated rings. The van der Waals surface area contributed by atoms with Crippen LogP contribution in [-0.4, -0.2) is 6.04 Å². The van der Waals surface area contributed by atoms with Crippen LogP contribution in [-0.2, 0) is 0 Å².